The summed E-state index contributed by atoms with van der Waals surface area (Å²) < 4.78 is 1.95. The number of hydrogen-bond acceptors (Lipinski definition) is 3. The number of nitrogens with one attached hydrogen (secondary N) is 1. The molecule has 0 amide bonds. The number of halogens is 2. The Hall–Kier alpha value is -1.39. The van der Waals surface area contributed by atoms with Crippen molar-refractivity contribution in [3.8, 4) is 5.75 Å². The van der Waals surface area contributed by atoms with Crippen LogP contribution in [0.25, 0.3) is 0 Å². The number of phenols is 1. The number of hydrogen-bond donors (Lipinski definition) is 2. The van der Waals surface area contributed by atoms with Crippen LogP contribution < -0.4 is 5.32 Å². The molecule has 0 fully saturated rings. The van der Waals surface area contributed by atoms with E-state index in [0.717, 1.165) is 24.3 Å². The summed E-state index contributed by atoms with van der Waals surface area (Å²) in [6.07, 6.45) is 2.81. The predicted molar refractivity (Wildman–Crippen MR) is 78.0 cm³/mol. The Morgan fingerprint density at radius 2 is 2.00 bits per heavy atom. The molecule has 0 aliphatic carbocycles. The number of rotatable bonds is 5. The maximum atomic E-state index is 9.49. The molecule has 0 saturated carbocycles. The number of aromatic hydroxyl groups is 1. The van der Waals surface area contributed by atoms with E-state index in [1.165, 1.54) is 0 Å². The lowest BCUT2D eigenvalue weighted by atomic mass is 10.3. The minimum absolute atomic E-state index is 0.0927. The molecule has 0 atom stereocenters. The van der Waals surface area contributed by atoms with Crippen molar-refractivity contribution < 1.29 is 5.11 Å². The van der Waals surface area contributed by atoms with Gasteiger partial charge in [-0.3, -0.25) is 4.68 Å². The minimum Gasteiger partial charge on any atom is -0.505 e. The lowest BCUT2D eigenvalue weighted by Gasteiger charge is -2.10. The average molecular weight is 300 g/mol. The second-order valence-electron chi connectivity index (χ2n) is 4.19. The number of aromatic nitrogens is 2. The van der Waals surface area contributed by atoms with Crippen LogP contribution in [0.3, 0.4) is 0 Å². The van der Waals surface area contributed by atoms with Crippen molar-refractivity contribution in [2.45, 2.75) is 26.4 Å². The first-order valence-electron chi connectivity index (χ1n) is 6.04. The summed E-state index contributed by atoms with van der Waals surface area (Å²) in [7, 11) is 0. The van der Waals surface area contributed by atoms with Crippen molar-refractivity contribution in [2.24, 2.45) is 0 Å². The van der Waals surface area contributed by atoms with Crippen molar-refractivity contribution >= 4 is 28.9 Å². The Morgan fingerprint density at radius 3 is 2.63 bits per heavy atom. The van der Waals surface area contributed by atoms with Crippen LogP contribution in [-0.4, -0.2) is 14.9 Å². The van der Waals surface area contributed by atoms with Gasteiger partial charge in [-0.05, 0) is 24.6 Å². The Morgan fingerprint density at radius 1 is 1.32 bits per heavy atom. The van der Waals surface area contributed by atoms with Gasteiger partial charge in [-0.1, -0.05) is 30.1 Å². The second kappa shape index (κ2) is 6.17. The van der Waals surface area contributed by atoms with Crippen molar-refractivity contribution in [1.82, 2.24) is 9.78 Å². The van der Waals surface area contributed by atoms with E-state index in [1.54, 1.807) is 18.3 Å². The summed E-state index contributed by atoms with van der Waals surface area (Å²) in [5.41, 5.74) is 1.85. The van der Waals surface area contributed by atoms with E-state index in [-0.39, 0.29) is 15.8 Å². The van der Waals surface area contributed by atoms with Gasteiger partial charge in [0.15, 0.2) is 5.75 Å². The molecule has 0 unspecified atom stereocenters. The van der Waals surface area contributed by atoms with Crippen LogP contribution in [0.4, 0.5) is 5.69 Å². The maximum Gasteiger partial charge on any atom is 0.152 e. The van der Waals surface area contributed by atoms with Crippen LogP contribution in [-0.2, 0) is 13.1 Å². The van der Waals surface area contributed by atoms with E-state index in [2.05, 4.69) is 17.3 Å². The summed E-state index contributed by atoms with van der Waals surface area (Å²) in [5, 5.41) is 17.4. The van der Waals surface area contributed by atoms with Crippen molar-refractivity contribution in [2.75, 3.05) is 5.32 Å². The summed E-state index contributed by atoms with van der Waals surface area (Å²) in [4.78, 5) is 0. The van der Waals surface area contributed by atoms with Gasteiger partial charge < -0.3 is 10.4 Å². The van der Waals surface area contributed by atoms with Gasteiger partial charge in [-0.15, -0.1) is 0 Å². The second-order valence-corrected chi connectivity index (χ2v) is 5.00. The van der Waals surface area contributed by atoms with E-state index >= 15 is 0 Å². The fourth-order valence-electron chi connectivity index (χ4n) is 1.78. The molecular formula is C13H15Cl2N3O. The number of phenolic OH excluding ortho intramolecular Hbond substituents is 1. The molecule has 6 heteroatoms. The first kappa shape index (κ1) is 14.0. The monoisotopic (exact) mass is 299 g/mol. The van der Waals surface area contributed by atoms with Crippen LogP contribution in [0, 0.1) is 0 Å². The van der Waals surface area contributed by atoms with Crippen LogP contribution >= 0.6 is 23.2 Å². The molecule has 0 bridgehead atoms. The van der Waals surface area contributed by atoms with Crippen molar-refractivity contribution in [3.05, 3.63) is 40.1 Å². The molecule has 0 saturated heterocycles. The zero-order valence-electron chi connectivity index (χ0n) is 10.5. The Labute approximate surface area is 122 Å². The highest BCUT2D eigenvalue weighted by atomic mass is 35.5. The van der Waals surface area contributed by atoms with E-state index in [1.807, 2.05) is 10.7 Å². The SMILES string of the molecule is CCCn1nccc1CNc1cc(Cl)c(O)c(Cl)c1. The first-order chi connectivity index (χ1) is 9.11. The topological polar surface area (TPSA) is 50.1 Å². The van der Waals surface area contributed by atoms with Crippen LogP contribution in [0.1, 0.15) is 19.0 Å². The molecule has 2 rings (SSSR count). The molecule has 4 nitrogen and oxygen atoms in total. The summed E-state index contributed by atoms with van der Waals surface area (Å²) in [6, 6.07) is 5.25. The number of nitrogens with zero attached hydrogens (tertiary/aromatic N) is 2. The molecule has 0 aliphatic heterocycles. The Kier molecular flexibility index (Phi) is 4.56. The largest absolute Gasteiger partial charge is 0.505 e. The highest BCUT2D eigenvalue weighted by Gasteiger charge is 2.07. The average Bonchev–Trinajstić information content (AvgIpc) is 2.81. The van der Waals surface area contributed by atoms with E-state index in [9.17, 15) is 5.11 Å². The summed E-state index contributed by atoms with van der Waals surface area (Å²) >= 11 is 11.7. The Balaban J connectivity index is 2.08. The zero-order valence-corrected chi connectivity index (χ0v) is 12.0. The van der Waals surface area contributed by atoms with E-state index < -0.39 is 0 Å². The van der Waals surface area contributed by atoms with Gasteiger partial charge in [0, 0.05) is 18.4 Å². The van der Waals surface area contributed by atoms with Gasteiger partial charge in [0.25, 0.3) is 0 Å². The minimum atomic E-state index is -0.0927. The van der Waals surface area contributed by atoms with Crippen molar-refractivity contribution in [3.63, 3.8) is 0 Å². The molecule has 0 aliphatic rings. The molecule has 19 heavy (non-hydrogen) atoms. The fourth-order valence-corrected chi connectivity index (χ4v) is 2.27. The van der Waals surface area contributed by atoms with Crippen LogP contribution in [0.2, 0.25) is 10.0 Å². The summed E-state index contributed by atoms with van der Waals surface area (Å²) in [6.45, 7) is 3.62. The summed E-state index contributed by atoms with van der Waals surface area (Å²) in [5.74, 6) is -0.0927. The van der Waals surface area contributed by atoms with Crippen LogP contribution in [0.5, 0.6) is 5.75 Å². The number of anilines is 1. The standard InChI is InChI=1S/C13H15Cl2N3O/c1-2-5-18-10(3-4-17-18)8-16-9-6-11(14)13(19)12(15)7-9/h3-4,6-7,16,19H,2,5,8H2,1H3. The first-order valence-corrected chi connectivity index (χ1v) is 6.80. The van der Waals surface area contributed by atoms with E-state index in [0.29, 0.717) is 6.54 Å². The van der Waals surface area contributed by atoms with Gasteiger partial charge in [0.1, 0.15) is 0 Å². The smallest absolute Gasteiger partial charge is 0.152 e. The van der Waals surface area contributed by atoms with Gasteiger partial charge in [-0.2, -0.15) is 5.10 Å². The quantitative estimate of drug-likeness (QED) is 0.823. The molecule has 2 N–H and O–H groups in total. The molecule has 0 spiro atoms. The zero-order chi connectivity index (χ0) is 13.8. The third-order valence-electron chi connectivity index (χ3n) is 2.73. The highest BCUT2D eigenvalue weighted by Crippen LogP contribution is 2.34. The van der Waals surface area contributed by atoms with Gasteiger partial charge >= 0.3 is 0 Å². The molecule has 1 aromatic carbocycles. The van der Waals surface area contributed by atoms with Gasteiger partial charge in [-0.25, -0.2) is 0 Å². The lowest BCUT2D eigenvalue weighted by molar-refractivity contribution is 0.476. The predicted octanol–water partition coefficient (Wildman–Crippen LogP) is 3.92. The molecule has 1 aromatic heterocycles. The normalized spacial score (nSPS) is 10.7. The molecular weight excluding hydrogens is 285 g/mol. The third-order valence-corrected chi connectivity index (χ3v) is 3.31. The number of aryl methyl sites for hydroxylation is 1. The van der Waals surface area contributed by atoms with Gasteiger partial charge in [0.2, 0.25) is 0 Å². The lowest BCUT2D eigenvalue weighted by Crippen LogP contribution is -2.08. The Bertz CT molecular complexity index is 546. The fraction of sp³-hybridized carbons (Fsp3) is 0.308. The molecule has 102 valence electrons. The van der Waals surface area contributed by atoms with Gasteiger partial charge in [0.05, 0.1) is 22.3 Å². The maximum absolute atomic E-state index is 9.49. The van der Waals surface area contributed by atoms with Crippen LogP contribution in [0.15, 0.2) is 24.4 Å². The molecule has 1 heterocycles. The highest BCUT2D eigenvalue weighted by molar-refractivity contribution is 6.37. The molecule has 2 aromatic rings. The molecule has 0 radical (unpaired) electrons. The van der Waals surface area contributed by atoms with E-state index in [4.69, 9.17) is 23.2 Å². The third kappa shape index (κ3) is 3.33. The van der Waals surface area contributed by atoms with Crippen molar-refractivity contribution in [1.29, 1.82) is 0 Å². The number of benzene rings is 1.